The number of methoxy groups -OCH3 is 2. The first-order valence-electron chi connectivity index (χ1n) is 9.05. The predicted molar refractivity (Wildman–Crippen MR) is 94.1 cm³/mol. The van der Waals surface area contributed by atoms with E-state index in [-0.39, 0.29) is 17.8 Å². The van der Waals surface area contributed by atoms with Crippen LogP contribution in [0.5, 0.6) is 17.8 Å². The highest BCUT2D eigenvalue weighted by Crippen LogP contribution is 2.30. The van der Waals surface area contributed by atoms with E-state index in [1.165, 1.54) is 20.6 Å². The number of carbonyl (C=O) groups excluding carboxylic acids is 1. The Kier molecular flexibility index (Phi) is 7.28. The first-order valence-corrected chi connectivity index (χ1v) is 9.05. The van der Waals surface area contributed by atoms with Gasteiger partial charge < -0.3 is 19.1 Å². The Bertz CT molecular complexity index is 535. The number of aromatic nitrogens is 2. The third-order valence-corrected chi connectivity index (χ3v) is 4.71. The second-order valence-electron chi connectivity index (χ2n) is 6.18. The molecule has 1 heterocycles. The van der Waals surface area contributed by atoms with E-state index in [1.54, 1.807) is 11.0 Å². The van der Waals surface area contributed by atoms with Crippen LogP contribution in [-0.2, 0) is 4.79 Å². The third kappa shape index (κ3) is 4.96. The maximum atomic E-state index is 13.0. The molecule has 1 aromatic heterocycles. The molecule has 1 aliphatic rings. The average Bonchev–Trinajstić information content (AvgIpc) is 2.67. The zero-order chi connectivity index (χ0) is 18.2. The Morgan fingerprint density at radius 1 is 1.12 bits per heavy atom. The molecule has 25 heavy (non-hydrogen) atoms. The van der Waals surface area contributed by atoms with E-state index in [2.05, 4.69) is 9.97 Å². The van der Waals surface area contributed by atoms with Crippen molar-refractivity contribution in [1.29, 1.82) is 0 Å². The molecule has 1 amide bonds. The van der Waals surface area contributed by atoms with Crippen LogP contribution in [0.3, 0.4) is 0 Å². The van der Waals surface area contributed by atoms with Crippen LogP contribution in [0.4, 0.5) is 0 Å². The summed E-state index contributed by atoms with van der Waals surface area (Å²) in [6, 6.07) is 1.70. The molecule has 7 heteroatoms. The summed E-state index contributed by atoms with van der Waals surface area (Å²) in [6.07, 6.45) is 4.86. The van der Waals surface area contributed by atoms with Gasteiger partial charge >= 0.3 is 6.01 Å². The van der Waals surface area contributed by atoms with E-state index in [1.807, 2.05) is 13.8 Å². The van der Waals surface area contributed by atoms with Crippen LogP contribution in [0, 0.1) is 5.92 Å². The van der Waals surface area contributed by atoms with Gasteiger partial charge in [-0.1, -0.05) is 19.3 Å². The molecule has 1 atom stereocenters. The van der Waals surface area contributed by atoms with Crippen molar-refractivity contribution in [2.75, 3.05) is 27.3 Å². The molecule has 1 saturated carbocycles. The number of nitrogens with zero attached hydrogens (tertiary/aromatic N) is 3. The molecule has 1 aromatic rings. The number of carbonyl (C=O) groups is 1. The second kappa shape index (κ2) is 9.44. The molecule has 1 fully saturated rings. The molecule has 0 spiro atoms. The zero-order valence-corrected chi connectivity index (χ0v) is 15.7. The van der Waals surface area contributed by atoms with E-state index >= 15 is 0 Å². The molecule has 0 bridgehead atoms. The average molecular weight is 351 g/mol. The Morgan fingerprint density at radius 3 is 2.16 bits per heavy atom. The molecule has 1 unspecified atom stereocenters. The molecule has 140 valence electrons. The van der Waals surface area contributed by atoms with E-state index < -0.39 is 6.10 Å². The summed E-state index contributed by atoms with van der Waals surface area (Å²) < 4.78 is 16.3. The van der Waals surface area contributed by atoms with Crippen molar-refractivity contribution in [1.82, 2.24) is 14.9 Å². The number of hydrogen-bond donors (Lipinski definition) is 0. The lowest BCUT2D eigenvalue weighted by molar-refractivity contribution is -0.142. The highest BCUT2D eigenvalue weighted by atomic mass is 16.5. The molecule has 0 radical (unpaired) electrons. The molecular weight excluding hydrogens is 322 g/mol. The van der Waals surface area contributed by atoms with Gasteiger partial charge in [-0.05, 0) is 26.7 Å². The van der Waals surface area contributed by atoms with E-state index in [0.29, 0.717) is 24.8 Å². The van der Waals surface area contributed by atoms with Crippen LogP contribution in [0.2, 0.25) is 0 Å². The van der Waals surface area contributed by atoms with Gasteiger partial charge in [-0.25, -0.2) is 0 Å². The number of ether oxygens (including phenoxy) is 3. The number of hydrogen-bond acceptors (Lipinski definition) is 6. The summed E-state index contributed by atoms with van der Waals surface area (Å²) >= 11 is 0. The summed E-state index contributed by atoms with van der Waals surface area (Å²) in [7, 11) is 3.04. The fourth-order valence-electron chi connectivity index (χ4n) is 3.26. The Labute approximate surface area is 149 Å². The van der Waals surface area contributed by atoms with Crippen molar-refractivity contribution in [3.8, 4) is 17.8 Å². The van der Waals surface area contributed by atoms with Crippen LogP contribution in [-0.4, -0.2) is 54.2 Å². The van der Waals surface area contributed by atoms with Gasteiger partial charge in [0.2, 0.25) is 11.8 Å². The van der Waals surface area contributed by atoms with Gasteiger partial charge in [-0.2, -0.15) is 9.97 Å². The molecule has 0 aliphatic heterocycles. The summed E-state index contributed by atoms with van der Waals surface area (Å²) in [5.41, 5.74) is 0. The standard InChI is InChI=1S/C18H29N3O4/c1-5-21(6-2)17(22)16(13-10-8-7-9-11-13)25-18-19-14(23-3)12-15(20-18)24-4/h12-13,16H,5-11H2,1-4H3. The highest BCUT2D eigenvalue weighted by molar-refractivity contribution is 5.81. The molecule has 0 aromatic carbocycles. The van der Waals surface area contributed by atoms with Crippen LogP contribution in [0.15, 0.2) is 6.07 Å². The van der Waals surface area contributed by atoms with Crippen LogP contribution in [0.1, 0.15) is 46.0 Å². The SMILES string of the molecule is CCN(CC)C(=O)C(Oc1nc(OC)cc(OC)n1)C1CCCCC1. The highest BCUT2D eigenvalue weighted by Gasteiger charge is 2.34. The van der Waals surface area contributed by atoms with Crippen molar-refractivity contribution in [2.24, 2.45) is 5.92 Å². The summed E-state index contributed by atoms with van der Waals surface area (Å²) in [5, 5.41) is 0. The number of likely N-dealkylation sites (N-methyl/N-ethyl adjacent to an activating group) is 1. The normalized spacial score (nSPS) is 16.2. The fourth-order valence-corrected chi connectivity index (χ4v) is 3.26. The smallest absolute Gasteiger partial charge is 0.323 e. The Morgan fingerprint density at radius 2 is 1.68 bits per heavy atom. The minimum atomic E-state index is -0.572. The largest absolute Gasteiger partial charge is 0.481 e. The van der Waals surface area contributed by atoms with Crippen LogP contribution < -0.4 is 14.2 Å². The topological polar surface area (TPSA) is 73.8 Å². The van der Waals surface area contributed by atoms with Gasteiger partial charge in [0.05, 0.1) is 20.3 Å². The first-order chi connectivity index (χ1) is 12.1. The molecule has 2 rings (SSSR count). The molecule has 0 saturated heterocycles. The maximum absolute atomic E-state index is 13.0. The predicted octanol–water partition coefficient (Wildman–Crippen LogP) is 2.69. The number of rotatable bonds is 8. The molecule has 0 N–H and O–H groups in total. The lowest BCUT2D eigenvalue weighted by Gasteiger charge is -2.32. The molecule has 7 nitrogen and oxygen atoms in total. The maximum Gasteiger partial charge on any atom is 0.323 e. The minimum absolute atomic E-state index is 0.00212. The van der Waals surface area contributed by atoms with Crippen molar-refractivity contribution in [2.45, 2.75) is 52.1 Å². The minimum Gasteiger partial charge on any atom is -0.481 e. The van der Waals surface area contributed by atoms with Gasteiger partial charge in [0.25, 0.3) is 5.91 Å². The van der Waals surface area contributed by atoms with Gasteiger partial charge in [0, 0.05) is 19.0 Å². The molecule has 1 aliphatic carbocycles. The third-order valence-electron chi connectivity index (χ3n) is 4.71. The van der Waals surface area contributed by atoms with Crippen molar-refractivity contribution < 1.29 is 19.0 Å². The van der Waals surface area contributed by atoms with Gasteiger partial charge in [-0.15, -0.1) is 0 Å². The van der Waals surface area contributed by atoms with Gasteiger partial charge in [0.1, 0.15) is 0 Å². The Balaban J connectivity index is 2.27. The number of amides is 1. The van der Waals surface area contributed by atoms with E-state index in [0.717, 1.165) is 25.7 Å². The summed E-state index contributed by atoms with van der Waals surface area (Å²) in [5.74, 6) is 0.879. The van der Waals surface area contributed by atoms with Crippen molar-refractivity contribution in [3.63, 3.8) is 0 Å². The summed E-state index contributed by atoms with van der Waals surface area (Å²) in [4.78, 5) is 23.2. The summed E-state index contributed by atoms with van der Waals surface area (Å²) in [6.45, 7) is 5.27. The second-order valence-corrected chi connectivity index (χ2v) is 6.18. The fraction of sp³-hybridized carbons (Fsp3) is 0.722. The first kappa shape index (κ1) is 19.3. The van der Waals surface area contributed by atoms with Gasteiger partial charge in [-0.3, -0.25) is 4.79 Å². The zero-order valence-electron chi connectivity index (χ0n) is 15.7. The lowest BCUT2D eigenvalue weighted by atomic mass is 9.84. The van der Waals surface area contributed by atoms with E-state index in [9.17, 15) is 4.79 Å². The lowest BCUT2D eigenvalue weighted by Crippen LogP contribution is -2.46. The Hall–Kier alpha value is -2.05. The van der Waals surface area contributed by atoms with Crippen LogP contribution in [0.25, 0.3) is 0 Å². The molecular formula is C18H29N3O4. The van der Waals surface area contributed by atoms with Crippen molar-refractivity contribution in [3.05, 3.63) is 6.07 Å². The van der Waals surface area contributed by atoms with Crippen LogP contribution >= 0.6 is 0 Å². The quantitative estimate of drug-likeness (QED) is 0.717. The van der Waals surface area contributed by atoms with E-state index in [4.69, 9.17) is 14.2 Å². The van der Waals surface area contributed by atoms with Gasteiger partial charge in [0.15, 0.2) is 6.10 Å². The van der Waals surface area contributed by atoms with Crippen molar-refractivity contribution >= 4 is 5.91 Å². The monoisotopic (exact) mass is 351 g/mol.